The first-order valence-electron chi connectivity index (χ1n) is 20.6. The molecule has 3 aliphatic rings. The van der Waals surface area contributed by atoms with Crippen LogP contribution in [0.25, 0.3) is 55.3 Å². The minimum atomic E-state index is -0.443. The van der Waals surface area contributed by atoms with Gasteiger partial charge < -0.3 is 9.32 Å². The predicted molar refractivity (Wildman–Crippen MR) is 242 cm³/mol. The number of rotatable bonds is 4. The van der Waals surface area contributed by atoms with Crippen molar-refractivity contribution in [3.63, 3.8) is 0 Å². The van der Waals surface area contributed by atoms with Crippen LogP contribution in [0.1, 0.15) is 45.9 Å². The molecule has 1 aromatic heterocycles. The predicted octanol–water partition coefficient (Wildman–Crippen LogP) is 14.7. The maximum absolute atomic E-state index is 7.16. The molecule has 59 heavy (non-hydrogen) atoms. The summed E-state index contributed by atoms with van der Waals surface area (Å²) in [6.07, 6.45) is 0. The van der Waals surface area contributed by atoms with Crippen molar-refractivity contribution in [2.45, 2.75) is 17.8 Å². The van der Waals surface area contributed by atoms with Crippen LogP contribution in [-0.2, 0) is 10.8 Å². The molecule has 0 fully saturated rings. The molecule has 276 valence electrons. The first-order valence-corrected chi connectivity index (χ1v) is 20.6. The van der Waals surface area contributed by atoms with E-state index in [1.54, 1.807) is 0 Å². The highest BCUT2D eigenvalue weighted by molar-refractivity contribution is 6.13. The Hall–Kier alpha value is -7.42. The number of anilines is 3. The number of para-hydroxylation sites is 2. The molecule has 9 aromatic carbocycles. The molecule has 0 radical (unpaired) electrons. The maximum atomic E-state index is 7.16. The van der Waals surface area contributed by atoms with Gasteiger partial charge in [-0.25, -0.2) is 0 Å². The van der Waals surface area contributed by atoms with Gasteiger partial charge in [0.1, 0.15) is 5.58 Å². The molecule has 2 heteroatoms. The zero-order valence-electron chi connectivity index (χ0n) is 32.5. The summed E-state index contributed by atoms with van der Waals surface area (Å²) in [4.78, 5) is 2.44. The van der Waals surface area contributed by atoms with Gasteiger partial charge in [0.15, 0.2) is 5.58 Å². The van der Waals surface area contributed by atoms with Gasteiger partial charge in [0.2, 0.25) is 0 Å². The zero-order chi connectivity index (χ0) is 38.9. The lowest BCUT2D eigenvalue weighted by Gasteiger charge is -2.31. The van der Waals surface area contributed by atoms with E-state index in [0.29, 0.717) is 0 Å². The smallest absolute Gasteiger partial charge is 0.159 e. The van der Waals surface area contributed by atoms with Gasteiger partial charge in [-0.15, -0.1) is 0 Å². The standard InChI is InChI=1S/C57H37NO/c1-56(43-26-10-5-20-37(43)38-21-6-11-27-44(38)56)48-31-17-35-52-54(48)42-25-15-34-51(55(42)59-52)58(36-18-3-2-4-19-36)50-33-16-32-49-53(50)41-24-9-14-30-47(41)57(49)45-28-12-7-22-39(45)40-23-8-13-29-46(40)57/h2-35H,1H3. The molecule has 1 heterocycles. The van der Waals surface area contributed by atoms with Crippen molar-refractivity contribution in [2.75, 3.05) is 4.90 Å². The molecule has 0 saturated carbocycles. The summed E-state index contributed by atoms with van der Waals surface area (Å²) >= 11 is 0. The van der Waals surface area contributed by atoms with Crippen LogP contribution in [-0.4, -0.2) is 0 Å². The second kappa shape index (κ2) is 11.8. The van der Waals surface area contributed by atoms with Crippen LogP contribution in [0.4, 0.5) is 17.1 Å². The maximum Gasteiger partial charge on any atom is 0.159 e. The van der Waals surface area contributed by atoms with Gasteiger partial charge >= 0.3 is 0 Å². The molecule has 0 amide bonds. The Morgan fingerprint density at radius 2 is 0.831 bits per heavy atom. The van der Waals surface area contributed by atoms with Crippen LogP contribution < -0.4 is 4.90 Å². The normalized spacial score (nSPS) is 14.5. The van der Waals surface area contributed by atoms with Gasteiger partial charge in [0, 0.05) is 27.4 Å². The molecule has 0 saturated heterocycles. The lowest BCUT2D eigenvalue weighted by molar-refractivity contribution is 0.666. The summed E-state index contributed by atoms with van der Waals surface area (Å²) in [5.41, 5.74) is 21.1. The summed E-state index contributed by atoms with van der Waals surface area (Å²) in [5.74, 6) is 0. The number of fused-ring (bicyclic) bond motifs is 16. The molecule has 2 nitrogen and oxygen atoms in total. The van der Waals surface area contributed by atoms with Gasteiger partial charge in [-0.2, -0.15) is 0 Å². The molecule has 1 spiro atoms. The van der Waals surface area contributed by atoms with Gasteiger partial charge in [0.25, 0.3) is 0 Å². The Bertz CT molecular complexity index is 3280. The second-order valence-corrected chi connectivity index (χ2v) is 16.4. The van der Waals surface area contributed by atoms with E-state index in [9.17, 15) is 0 Å². The van der Waals surface area contributed by atoms with Gasteiger partial charge in [-0.05, 0) is 104 Å². The van der Waals surface area contributed by atoms with Crippen LogP contribution in [0.15, 0.2) is 211 Å². The Kier molecular flexibility index (Phi) is 6.54. The highest BCUT2D eigenvalue weighted by atomic mass is 16.3. The summed E-state index contributed by atoms with van der Waals surface area (Å²) in [7, 11) is 0. The molecule has 0 atom stereocenters. The fraction of sp³-hybridized carbons (Fsp3) is 0.0526. The van der Waals surface area contributed by atoms with Crippen LogP contribution in [0, 0.1) is 0 Å². The van der Waals surface area contributed by atoms with E-state index in [-0.39, 0.29) is 5.41 Å². The molecule has 0 aliphatic heterocycles. The van der Waals surface area contributed by atoms with E-state index in [1.165, 1.54) is 72.3 Å². The third kappa shape index (κ3) is 4.05. The van der Waals surface area contributed by atoms with Crippen molar-refractivity contribution in [3.8, 4) is 33.4 Å². The monoisotopic (exact) mass is 751 g/mol. The molecule has 0 bridgehead atoms. The third-order valence-corrected chi connectivity index (χ3v) is 13.8. The van der Waals surface area contributed by atoms with Crippen LogP contribution in [0.5, 0.6) is 0 Å². The number of nitrogens with zero attached hydrogens (tertiary/aromatic N) is 1. The van der Waals surface area contributed by atoms with Gasteiger partial charge in [-0.3, -0.25) is 0 Å². The number of furan rings is 1. The highest BCUT2D eigenvalue weighted by Gasteiger charge is 2.52. The van der Waals surface area contributed by atoms with E-state index >= 15 is 0 Å². The first-order chi connectivity index (χ1) is 29.2. The largest absolute Gasteiger partial charge is 0.454 e. The average Bonchev–Trinajstić information content (AvgIpc) is 4.01. The molecule has 10 aromatic rings. The van der Waals surface area contributed by atoms with Crippen molar-refractivity contribution < 1.29 is 4.42 Å². The minimum Gasteiger partial charge on any atom is -0.454 e. The quantitative estimate of drug-likeness (QED) is 0.178. The molecule has 0 N–H and O–H groups in total. The van der Waals surface area contributed by atoms with E-state index in [2.05, 4.69) is 218 Å². The number of hydrogen-bond donors (Lipinski definition) is 0. The summed E-state index contributed by atoms with van der Waals surface area (Å²) in [6.45, 7) is 2.39. The van der Waals surface area contributed by atoms with Gasteiger partial charge in [0.05, 0.1) is 16.8 Å². The average molecular weight is 752 g/mol. The van der Waals surface area contributed by atoms with Crippen molar-refractivity contribution in [3.05, 3.63) is 245 Å². The SMILES string of the molecule is CC1(c2cccc3oc4c(N(c5ccccc5)c5cccc6c5-c5ccccc5C65c6ccccc6-c6ccccc65)cccc4c23)c2ccccc2-c2ccccc21. The van der Waals surface area contributed by atoms with E-state index in [4.69, 9.17) is 4.42 Å². The minimum absolute atomic E-state index is 0.370. The topological polar surface area (TPSA) is 16.4 Å². The Morgan fingerprint density at radius 1 is 0.373 bits per heavy atom. The molecule has 13 rings (SSSR count). The Morgan fingerprint density at radius 3 is 1.47 bits per heavy atom. The van der Waals surface area contributed by atoms with Crippen molar-refractivity contribution in [1.82, 2.24) is 0 Å². The molecule has 0 unspecified atom stereocenters. The van der Waals surface area contributed by atoms with Crippen LogP contribution >= 0.6 is 0 Å². The van der Waals surface area contributed by atoms with Gasteiger partial charge in [-0.1, -0.05) is 176 Å². The molecular weight excluding hydrogens is 715 g/mol. The Labute approximate surface area is 343 Å². The van der Waals surface area contributed by atoms with Crippen LogP contribution in [0.2, 0.25) is 0 Å². The number of hydrogen-bond acceptors (Lipinski definition) is 2. The second-order valence-electron chi connectivity index (χ2n) is 16.4. The van der Waals surface area contributed by atoms with E-state index in [1.807, 2.05) is 0 Å². The van der Waals surface area contributed by atoms with E-state index < -0.39 is 5.41 Å². The van der Waals surface area contributed by atoms with E-state index in [0.717, 1.165) is 39.0 Å². The summed E-state index contributed by atoms with van der Waals surface area (Å²) in [5, 5.41) is 2.27. The molecule has 3 aliphatic carbocycles. The molecular formula is C57H37NO. The van der Waals surface area contributed by atoms with Crippen molar-refractivity contribution in [1.29, 1.82) is 0 Å². The lowest BCUT2D eigenvalue weighted by atomic mass is 9.70. The summed E-state index contributed by atoms with van der Waals surface area (Å²) in [6, 6.07) is 76.0. The fourth-order valence-corrected chi connectivity index (χ4v) is 11.5. The highest BCUT2D eigenvalue weighted by Crippen LogP contribution is 2.65. The summed E-state index contributed by atoms with van der Waals surface area (Å²) < 4.78 is 7.16. The first kappa shape index (κ1) is 32.6. The van der Waals surface area contributed by atoms with Crippen LogP contribution in [0.3, 0.4) is 0 Å². The number of benzene rings is 9. The van der Waals surface area contributed by atoms with Crippen molar-refractivity contribution in [2.24, 2.45) is 0 Å². The fourth-order valence-electron chi connectivity index (χ4n) is 11.5. The Balaban J connectivity index is 1.09. The van der Waals surface area contributed by atoms with Crippen molar-refractivity contribution >= 4 is 39.0 Å². The lowest BCUT2D eigenvalue weighted by Crippen LogP contribution is -2.26. The third-order valence-electron chi connectivity index (χ3n) is 13.8. The zero-order valence-corrected chi connectivity index (χ0v) is 32.5.